The largest absolute Gasteiger partial charge is 0.497 e. The van der Waals surface area contributed by atoms with E-state index in [1.165, 1.54) is 0 Å². The van der Waals surface area contributed by atoms with Crippen molar-refractivity contribution in [3.63, 3.8) is 0 Å². The summed E-state index contributed by atoms with van der Waals surface area (Å²) in [5.41, 5.74) is 2.83. The van der Waals surface area contributed by atoms with Gasteiger partial charge in [0.1, 0.15) is 18.1 Å². The Morgan fingerprint density at radius 3 is 2.77 bits per heavy atom. The molecule has 3 N–H and O–H groups in total. The van der Waals surface area contributed by atoms with E-state index >= 15 is 0 Å². The highest BCUT2D eigenvalue weighted by Gasteiger charge is 2.12. The van der Waals surface area contributed by atoms with Crippen LogP contribution in [0.3, 0.4) is 0 Å². The second kappa shape index (κ2) is 8.91. The lowest BCUT2D eigenvalue weighted by Gasteiger charge is -2.08. The average Bonchev–Trinajstić information content (AvgIpc) is 3.34. The van der Waals surface area contributed by atoms with Crippen LogP contribution in [0.5, 0.6) is 5.75 Å². The second-order valence-corrected chi connectivity index (χ2v) is 7.21. The molecule has 4 aromatic rings. The first-order valence-electron chi connectivity index (χ1n) is 9.64. The Labute approximate surface area is 178 Å². The predicted octanol–water partition coefficient (Wildman–Crippen LogP) is 3.24. The van der Waals surface area contributed by atoms with Gasteiger partial charge in [0.2, 0.25) is 5.91 Å². The Bertz CT molecular complexity index is 1180. The molecule has 2 aromatic heterocycles. The van der Waals surface area contributed by atoms with Crippen LogP contribution >= 0.6 is 12.2 Å². The van der Waals surface area contributed by atoms with Gasteiger partial charge in [0.25, 0.3) is 0 Å². The molecule has 0 saturated heterocycles. The molecule has 0 aliphatic carbocycles. The fourth-order valence-corrected chi connectivity index (χ4v) is 3.43. The molecule has 0 fully saturated rings. The van der Waals surface area contributed by atoms with Crippen molar-refractivity contribution in [2.45, 2.75) is 19.4 Å². The van der Waals surface area contributed by atoms with E-state index in [4.69, 9.17) is 17.0 Å². The van der Waals surface area contributed by atoms with Gasteiger partial charge in [-0.15, -0.1) is 0 Å². The third-order valence-electron chi connectivity index (χ3n) is 4.76. The molecule has 154 valence electrons. The van der Waals surface area contributed by atoms with E-state index in [0.717, 1.165) is 41.0 Å². The van der Waals surface area contributed by atoms with E-state index in [9.17, 15) is 4.79 Å². The molecule has 0 bridgehead atoms. The molecule has 0 saturated carbocycles. The third kappa shape index (κ3) is 4.41. The number of H-pyrrole nitrogens is 2. The van der Waals surface area contributed by atoms with Crippen molar-refractivity contribution < 1.29 is 9.53 Å². The van der Waals surface area contributed by atoms with Crippen molar-refractivity contribution in [1.29, 1.82) is 0 Å². The van der Waals surface area contributed by atoms with Gasteiger partial charge in [-0.1, -0.05) is 12.1 Å². The maximum absolute atomic E-state index is 12.4. The molecule has 0 radical (unpaired) electrons. The number of amides is 1. The number of hydrogen-bond donors (Lipinski definition) is 3. The number of aromatic amines is 2. The van der Waals surface area contributed by atoms with E-state index in [0.29, 0.717) is 17.1 Å². The van der Waals surface area contributed by atoms with Gasteiger partial charge in [-0.2, -0.15) is 5.10 Å². The topological polar surface area (TPSA) is 101 Å². The van der Waals surface area contributed by atoms with E-state index in [-0.39, 0.29) is 12.5 Å². The van der Waals surface area contributed by atoms with Gasteiger partial charge in [0.15, 0.2) is 10.6 Å². The number of hydrogen-bond acceptors (Lipinski definition) is 5. The molecule has 0 atom stereocenters. The first kappa shape index (κ1) is 19.8. The fourth-order valence-electron chi connectivity index (χ4n) is 3.23. The molecular weight excluding hydrogens is 400 g/mol. The Balaban J connectivity index is 1.32. The van der Waals surface area contributed by atoms with Gasteiger partial charge in [-0.3, -0.25) is 14.5 Å². The Morgan fingerprint density at radius 1 is 1.20 bits per heavy atom. The number of imidazole rings is 1. The number of methoxy groups -OCH3 is 1. The highest BCUT2D eigenvalue weighted by atomic mass is 32.1. The summed E-state index contributed by atoms with van der Waals surface area (Å²) in [5, 5.41) is 9.97. The lowest BCUT2D eigenvalue weighted by Crippen LogP contribution is -2.29. The van der Waals surface area contributed by atoms with E-state index in [1.807, 2.05) is 48.5 Å². The summed E-state index contributed by atoms with van der Waals surface area (Å²) < 4.78 is 7.27. The monoisotopic (exact) mass is 422 g/mol. The van der Waals surface area contributed by atoms with Crippen LogP contribution in [0.2, 0.25) is 0 Å². The van der Waals surface area contributed by atoms with Crippen LogP contribution in [0.25, 0.3) is 22.4 Å². The van der Waals surface area contributed by atoms with Gasteiger partial charge in [-0.05, 0) is 55.0 Å². The molecule has 0 spiro atoms. The first-order chi connectivity index (χ1) is 14.6. The van der Waals surface area contributed by atoms with Gasteiger partial charge in [0.05, 0.1) is 18.1 Å². The summed E-state index contributed by atoms with van der Waals surface area (Å²) in [6.45, 7) is 0.653. The summed E-state index contributed by atoms with van der Waals surface area (Å²) >= 11 is 5.30. The molecule has 30 heavy (non-hydrogen) atoms. The molecule has 0 unspecified atom stereocenters. The number of fused-ring (bicyclic) bond motifs is 1. The molecule has 2 aromatic carbocycles. The van der Waals surface area contributed by atoms with Crippen LogP contribution in [0.1, 0.15) is 12.2 Å². The van der Waals surface area contributed by atoms with Gasteiger partial charge in [0, 0.05) is 18.5 Å². The highest BCUT2D eigenvalue weighted by Crippen LogP contribution is 2.20. The number of carbonyl (C=O) groups is 1. The summed E-state index contributed by atoms with van der Waals surface area (Å²) in [6, 6.07) is 15.4. The maximum Gasteiger partial charge on any atom is 0.240 e. The number of benzene rings is 2. The lowest BCUT2D eigenvalue weighted by atomic mass is 10.2. The number of rotatable bonds is 8. The van der Waals surface area contributed by atoms with Crippen LogP contribution in [0.4, 0.5) is 0 Å². The SMILES string of the molecule is COc1ccc(-c2n[nH]c(=S)n2CC(=O)NCCCc2nc3ccccc3[nH]2)cc1. The molecule has 8 nitrogen and oxygen atoms in total. The molecule has 1 amide bonds. The quantitative estimate of drug-likeness (QED) is 0.299. The van der Waals surface area contributed by atoms with E-state index < -0.39 is 0 Å². The first-order valence-corrected chi connectivity index (χ1v) is 10.0. The summed E-state index contributed by atoms with van der Waals surface area (Å²) in [7, 11) is 1.61. The number of para-hydroxylation sites is 2. The van der Waals surface area contributed by atoms with Crippen molar-refractivity contribution >= 4 is 29.2 Å². The van der Waals surface area contributed by atoms with Crippen molar-refractivity contribution in [3.05, 3.63) is 59.1 Å². The zero-order valence-corrected chi connectivity index (χ0v) is 17.3. The average molecular weight is 423 g/mol. The minimum Gasteiger partial charge on any atom is -0.497 e. The van der Waals surface area contributed by atoms with Gasteiger partial charge < -0.3 is 15.0 Å². The maximum atomic E-state index is 12.4. The normalized spacial score (nSPS) is 11.0. The summed E-state index contributed by atoms with van der Waals surface area (Å²) in [5.74, 6) is 2.16. The van der Waals surface area contributed by atoms with Crippen molar-refractivity contribution in [3.8, 4) is 17.1 Å². The molecule has 4 rings (SSSR count). The number of aromatic nitrogens is 5. The summed E-state index contributed by atoms with van der Waals surface area (Å²) in [6.07, 6.45) is 1.55. The lowest BCUT2D eigenvalue weighted by molar-refractivity contribution is -0.121. The van der Waals surface area contributed by atoms with Crippen molar-refractivity contribution in [2.24, 2.45) is 0 Å². The molecule has 2 heterocycles. The zero-order chi connectivity index (χ0) is 20.9. The van der Waals surface area contributed by atoms with E-state index in [1.54, 1.807) is 11.7 Å². The zero-order valence-electron chi connectivity index (χ0n) is 16.5. The number of nitrogens with one attached hydrogen (secondary N) is 3. The van der Waals surface area contributed by atoms with Crippen LogP contribution in [0.15, 0.2) is 48.5 Å². The van der Waals surface area contributed by atoms with Crippen LogP contribution in [0, 0.1) is 4.77 Å². The fraction of sp³-hybridized carbons (Fsp3) is 0.238. The molecule has 0 aliphatic rings. The standard InChI is InChI=1S/C21H22N6O2S/c1-29-15-10-8-14(9-11-15)20-25-26-21(30)27(20)13-19(28)22-12-4-7-18-23-16-5-2-3-6-17(16)24-18/h2-3,5-6,8-11H,4,7,12-13H2,1H3,(H,22,28)(H,23,24)(H,26,30). The minimum absolute atomic E-state index is 0.0985. The Kier molecular flexibility index (Phi) is 5.89. The molecule has 0 aliphatic heterocycles. The summed E-state index contributed by atoms with van der Waals surface area (Å²) in [4.78, 5) is 20.3. The number of carbonyl (C=O) groups excluding carboxylic acids is 1. The molecular formula is C21H22N6O2S. The van der Waals surface area contributed by atoms with Gasteiger partial charge in [-0.25, -0.2) is 4.98 Å². The number of ether oxygens (including phenoxy) is 1. The predicted molar refractivity (Wildman–Crippen MR) is 117 cm³/mol. The van der Waals surface area contributed by atoms with Gasteiger partial charge >= 0.3 is 0 Å². The second-order valence-electron chi connectivity index (χ2n) is 6.82. The minimum atomic E-state index is -0.119. The third-order valence-corrected chi connectivity index (χ3v) is 5.07. The van der Waals surface area contributed by atoms with Crippen molar-refractivity contribution in [1.82, 2.24) is 30.0 Å². The van der Waals surface area contributed by atoms with Crippen LogP contribution in [-0.2, 0) is 17.8 Å². The van der Waals surface area contributed by atoms with Crippen LogP contribution < -0.4 is 10.1 Å². The highest BCUT2D eigenvalue weighted by molar-refractivity contribution is 7.71. The smallest absolute Gasteiger partial charge is 0.240 e. The Hall–Kier alpha value is -3.46. The molecule has 9 heteroatoms. The van der Waals surface area contributed by atoms with E-state index in [2.05, 4.69) is 25.5 Å². The van der Waals surface area contributed by atoms with Crippen molar-refractivity contribution in [2.75, 3.05) is 13.7 Å². The number of nitrogens with zero attached hydrogens (tertiary/aromatic N) is 3. The number of aryl methyl sites for hydroxylation is 1. The Morgan fingerprint density at radius 2 is 2.00 bits per heavy atom. The van der Waals surface area contributed by atoms with Crippen LogP contribution in [-0.4, -0.2) is 44.3 Å².